The van der Waals surface area contributed by atoms with Gasteiger partial charge in [-0.25, -0.2) is 9.97 Å². The zero-order valence-electron chi connectivity index (χ0n) is 7.53. The van der Waals surface area contributed by atoms with Crippen LogP contribution in [0.1, 0.15) is 12.8 Å². The molecule has 0 aliphatic heterocycles. The third kappa shape index (κ3) is 3.57. The summed E-state index contributed by atoms with van der Waals surface area (Å²) in [4.78, 5) is 18.1. The Balaban J connectivity index is 2.31. The molecule has 3 N–H and O–H groups in total. The van der Waals surface area contributed by atoms with E-state index in [4.69, 9.17) is 17.3 Å². The molecule has 0 atom stereocenters. The van der Waals surface area contributed by atoms with Crippen molar-refractivity contribution in [1.82, 2.24) is 9.97 Å². The highest BCUT2D eigenvalue weighted by Gasteiger charge is 2.00. The van der Waals surface area contributed by atoms with Gasteiger partial charge < -0.3 is 11.1 Å². The normalized spacial score (nSPS) is 9.79. The molecule has 0 spiro atoms. The van der Waals surface area contributed by atoms with Gasteiger partial charge in [-0.2, -0.15) is 0 Å². The number of amides is 1. The van der Waals surface area contributed by atoms with Crippen molar-refractivity contribution >= 4 is 23.3 Å². The summed E-state index contributed by atoms with van der Waals surface area (Å²) in [5.74, 6) is 0.270. The molecule has 5 nitrogen and oxygen atoms in total. The molecule has 0 saturated carbocycles. The van der Waals surface area contributed by atoms with Gasteiger partial charge in [0, 0.05) is 13.0 Å². The van der Waals surface area contributed by atoms with Crippen LogP contribution in [-0.4, -0.2) is 22.4 Å². The van der Waals surface area contributed by atoms with Gasteiger partial charge >= 0.3 is 0 Å². The predicted octanol–water partition coefficient (Wildman–Crippen LogP) is 0.807. The first-order valence-electron chi connectivity index (χ1n) is 4.18. The van der Waals surface area contributed by atoms with Crippen molar-refractivity contribution in [2.75, 3.05) is 11.9 Å². The summed E-state index contributed by atoms with van der Waals surface area (Å²) in [5, 5.41) is 3.44. The molecule has 0 bridgehead atoms. The molecule has 0 fully saturated rings. The highest BCUT2D eigenvalue weighted by Crippen LogP contribution is 2.15. The standard InChI is InChI=1S/C8H11ClN4O/c9-6-4-11-5-13-8(6)12-3-1-2-7(10)14/h4-5H,1-3H2,(H2,10,14)(H,11,12,13). The number of carbonyl (C=O) groups excluding carboxylic acids is 1. The maximum absolute atomic E-state index is 10.4. The number of nitrogens with two attached hydrogens (primary N) is 1. The average molecular weight is 215 g/mol. The van der Waals surface area contributed by atoms with Gasteiger partial charge in [0.05, 0.1) is 6.20 Å². The van der Waals surface area contributed by atoms with E-state index in [1.54, 1.807) is 0 Å². The summed E-state index contributed by atoms with van der Waals surface area (Å²) in [6, 6.07) is 0. The van der Waals surface area contributed by atoms with Gasteiger partial charge in [0.15, 0.2) is 0 Å². The Hall–Kier alpha value is -1.36. The third-order valence-electron chi connectivity index (χ3n) is 1.56. The van der Waals surface area contributed by atoms with E-state index in [-0.39, 0.29) is 5.91 Å². The van der Waals surface area contributed by atoms with Crippen LogP contribution in [0.15, 0.2) is 12.5 Å². The van der Waals surface area contributed by atoms with Gasteiger partial charge in [-0.05, 0) is 6.42 Å². The zero-order chi connectivity index (χ0) is 10.4. The van der Waals surface area contributed by atoms with Crippen molar-refractivity contribution in [2.24, 2.45) is 5.73 Å². The first-order valence-corrected chi connectivity index (χ1v) is 4.55. The number of halogens is 1. The lowest BCUT2D eigenvalue weighted by Gasteiger charge is -2.04. The highest BCUT2D eigenvalue weighted by atomic mass is 35.5. The first-order chi connectivity index (χ1) is 6.70. The summed E-state index contributed by atoms with van der Waals surface area (Å²) >= 11 is 5.79. The molecule has 0 aliphatic rings. The fraction of sp³-hybridized carbons (Fsp3) is 0.375. The predicted molar refractivity (Wildman–Crippen MR) is 54.0 cm³/mol. The van der Waals surface area contributed by atoms with E-state index < -0.39 is 0 Å². The van der Waals surface area contributed by atoms with Crippen molar-refractivity contribution in [3.05, 3.63) is 17.5 Å². The first kappa shape index (κ1) is 10.7. The number of anilines is 1. The minimum atomic E-state index is -0.305. The van der Waals surface area contributed by atoms with Crippen molar-refractivity contribution in [2.45, 2.75) is 12.8 Å². The molecule has 1 rings (SSSR count). The molecule has 0 saturated heterocycles. The highest BCUT2D eigenvalue weighted by molar-refractivity contribution is 6.32. The Morgan fingerprint density at radius 2 is 2.43 bits per heavy atom. The Kier molecular flexibility index (Phi) is 4.12. The molecule has 0 unspecified atom stereocenters. The van der Waals surface area contributed by atoms with Crippen LogP contribution in [-0.2, 0) is 4.79 Å². The Bertz CT molecular complexity index is 318. The van der Waals surface area contributed by atoms with Crippen LogP contribution in [0.5, 0.6) is 0 Å². The second-order valence-corrected chi connectivity index (χ2v) is 3.12. The van der Waals surface area contributed by atoms with E-state index in [2.05, 4.69) is 15.3 Å². The van der Waals surface area contributed by atoms with Crippen LogP contribution in [0.25, 0.3) is 0 Å². The van der Waals surface area contributed by atoms with Gasteiger partial charge in [-0.15, -0.1) is 0 Å². The number of nitrogens with one attached hydrogen (secondary N) is 1. The summed E-state index contributed by atoms with van der Waals surface area (Å²) in [6.07, 6.45) is 3.93. The molecule has 1 amide bonds. The molecular formula is C8H11ClN4O. The number of primary amides is 1. The zero-order valence-corrected chi connectivity index (χ0v) is 8.29. The lowest BCUT2D eigenvalue weighted by Crippen LogP contribution is -2.13. The largest absolute Gasteiger partial charge is 0.370 e. The van der Waals surface area contributed by atoms with Crippen LogP contribution in [0.2, 0.25) is 5.02 Å². The minimum absolute atomic E-state index is 0.305. The molecule has 1 aromatic heterocycles. The number of hydrogen-bond acceptors (Lipinski definition) is 4. The van der Waals surface area contributed by atoms with E-state index in [9.17, 15) is 4.79 Å². The number of rotatable bonds is 5. The fourth-order valence-electron chi connectivity index (χ4n) is 0.912. The van der Waals surface area contributed by atoms with Crippen LogP contribution in [0, 0.1) is 0 Å². The van der Waals surface area contributed by atoms with Gasteiger partial charge in [0.25, 0.3) is 0 Å². The topological polar surface area (TPSA) is 80.9 Å². The van der Waals surface area contributed by atoms with Gasteiger partial charge in [-0.3, -0.25) is 4.79 Å². The van der Waals surface area contributed by atoms with Crippen molar-refractivity contribution < 1.29 is 4.79 Å². The third-order valence-corrected chi connectivity index (χ3v) is 1.84. The molecule has 1 aromatic rings. The molecule has 6 heteroatoms. The molecule has 0 radical (unpaired) electrons. The SMILES string of the molecule is NC(=O)CCCNc1ncncc1Cl. The van der Waals surface area contributed by atoms with E-state index in [1.165, 1.54) is 12.5 Å². The maximum Gasteiger partial charge on any atom is 0.217 e. The molecule has 0 aliphatic carbocycles. The van der Waals surface area contributed by atoms with Crippen LogP contribution in [0.4, 0.5) is 5.82 Å². The second kappa shape index (κ2) is 5.39. The smallest absolute Gasteiger partial charge is 0.217 e. The van der Waals surface area contributed by atoms with Gasteiger partial charge in [0.1, 0.15) is 17.2 Å². The maximum atomic E-state index is 10.4. The quantitative estimate of drug-likeness (QED) is 0.711. The van der Waals surface area contributed by atoms with Crippen molar-refractivity contribution in [1.29, 1.82) is 0 Å². The van der Waals surface area contributed by atoms with Crippen molar-refractivity contribution in [3.8, 4) is 0 Å². The summed E-state index contributed by atoms with van der Waals surface area (Å²) in [5.41, 5.74) is 4.98. The molecule has 14 heavy (non-hydrogen) atoms. The van der Waals surface area contributed by atoms with E-state index in [0.29, 0.717) is 30.2 Å². The van der Waals surface area contributed by atoms with E-state index in [1.807, 2.05) is 0 Å². The van der Waals surface area contributed by atoms with E-state index in [0.717, 1.165) is 0 Å². The lowest BCUT2D eigenvalue weighted by molar-refractivity contribution is -0.118. The number of aromatic nitrogens is 2. The van der Waals surface area contributed by atoms with Gasteiger partial charge in [-0.1, -0.05) is 11.6 Å². The fourth-order valence-corrected chi connectivity index (χ4v) is 1.08. The Labute approximate surface area is 86.7 Å². The Morgan fingerprint density at radius 3 is 3.07 bits per heavy atom. The summed E-state index contributed by atoms with van der Waals surface area (Å²) < 4.78 is 0. The average Bonchev–Trinajstić information content (AvgIpc) is 2.15. The van der Waals surface area contributed by atoms with Crippen LogP contribution < -0.4 is 11.1 Å². The monoisotopic (exact) mass is 214 g/mol. The van der Waals surface area contributed by atoms with E-state index >= 15 is 0 Å². The molecule has 1 heterocycles. The summed E-state index contributed by atoms with van der Waals surface area (Å²) in [7, 11) is 0. The minimum Gasteiger partial charge on any atom is -0.370 e. The number of carbonyl (C=O) groups is 1. The van der Waals surface area contributed by atoms with Gasteiger partial charge in [0.2, 0.25) is 5.91 Å². The van der Waals surface area contributed by atoms with Crippen LogP contribution in [0.3, 0.4) is 0 Å². The summed E-state index contributed by atoms with van der Waals surface area (Å²) in [6.45, 7) is 0.611. The molecular weight excluding hydrogens is 204 g/mol. The van der Waals surface area contributed by atoms with Crippen molar-refractivity contribution in [3.63, 3.8) is 0 Å². The molecule has 76 valence electrons. The second-order valence-electron chi connectivity index (χ2n) is 2.72. The lowest BCUT2D eigenvalue weighted by atomic mass is 10.3. The molecule has 0 aromatic carbocycles. The number of hydrogen-bond donors (Lipinski definition) is 2. The van der Waals surface area contributed by atoms with Crippen LogP contribution >= 0.6 is 11.6 Å². The Morgan fingerprint density at radius 1 is 1.64 bits per heavy atom. The number of nitrogens with zero attached hydrogens (tertiary/aromatic N) is 2.